The second-order valence-corrected chi connectivity index (χ2v) is 5.87. The number of nitrogen functional groups attached to an aromatic ring is 1. The van der Waals surface area contributed by atoms with Crippen molar-refractivity contribution in [3.63, 3.8) is 0 Å². The van der Waals surface area contributed by atoms with Crippen LogP contribution in [0.3, 0.4) is 0 Å². The highest BCUT2D eigenvalue weighted by Crippen LogP contribution is 2.26. The molecule has 1 aromatic heterocycles. The molecule has 3 rings (SSSR count). The number of nitrogens with zero attached hydrogens (tertiary/aromatic N) is 2. The summed E-state index contributed by atoms with van der Waals surface area (Å²) in [5.74, 6) is 0. The van der Waals surface area contributed by atoms with Crippen molar-refractivity contribution in [3.8, 4) is 11.3 Å². The zero-order valence-electron chi connectivity index (χ0n) is 12.6. The Hall–Kier alpha value is -1.87. The normalized spacial score (nSPS) is 17.6. The molecule has 1 atom stereocenters. The van der Waals surface area contributed by atoms with E-state index in [1.165, 1.54) is 37.9 Å². The summed E-state index contributed by atoms with van der Waals surface area (Å²) in [6.45, 7) is 4.75. The molecule has 1 saturated heterocycles. The zero-order chi connectivity index (χ0) is 14.7. The first-order chi connectivity index (χ1) is 10.2. The van der Waals surface area contributed by atoms with Gasteiger partial charge in [-0.15, -0.1) is 0 Å². The van der Waals surface area contributed by atoms with Gasteiger partial charge in [0, 0.05) is 23.5 Å². The highest BCUT2D eigenvalue weighted by Gasteiger charge is 2.17. The van der Waals surface area contributed by atoms with E-state index in [2.05, 4.69) is 41.1 Å². The molecule has 1 fully saturated rings. The van der Waals surface area contributed by atoms with Crippen molar-refractivity contribution in [2.75, 3.05) is 18.8 Å². The van der Waals surface area contributed by atoms with Gasteiger partial charge in [0.15, 0.2) is 0 Å². The highest BCUT2D eigenvalue weighted by molar-refractivity contribution is 5.63. The molecule has 1 aliphatic heterocycles. The fourth-order valence-corrected chi connectivity index (χ4v) is 3.05. The van der Waals surface area contributed by atoms with Gasteiger partial charge in [-0.25, -0.2) is 0 Å². The summed E-state index contributed by atoms with van der Waals surface area (Å²) in [6, 6.07) is 13.0. The van der Waals surface area contributed by atoms with E-state index in [9.17, 15) is 0 Å². The Balaban J connectivity index is 1.77. The molecule has 0 bridgehead atoms. The molecular formula is C18H23N3. The van der Waals surface area contributed by atoms with Crippen LogP contribution < -0.4 is 5.73 Å². The number of likely N-dealkylation sites (tertiary alicyclic amines) is 1. The van der Waals surface area contributed by atoms with Gasteiger partial charge >= 0.3 is 0 Å². The SMILES string of the molecule is C[C@H](c1ccc(-c2cc(N)ccn2)cc1)N1CCCCC1. The van der Waals surface area contributed by atoms with E-state index in [0.29, 0.717) is 6.04 Å². The predicted octanol–water partition coefficient (Wildman–Crippen LogP) is 3.88. The summed E-state index contributed by atoms with van der Waals surface area (Å²) in [7, 11) is 0. The molecular weight excluding hydrogens is 258 g/mol. The Kier molecular flexibility index (Phi) is 4.20. The average Bonchev–Trinajstić information content (AvgIpc) is 2.55. The van der Waals surface area contributed by atoms with E-state index >= 15 is 0 Å². The van der Waals surface area contributed by atoms with Crippen LogP contribution in [0.15, 0.2) is 42.6 Å². The lowest BCUT2D eigenvalue weighted by atomic mass is 10.0. The highest BCUT2D eigenvalue weighted by atomic mass is 15.2. The van der Waals surface area contributed by atoms with Crippen LogP contribution in [0.1, 0.15) is 37.8 Å². The van der Waals surface area contributed by atoms with E-state index in [1.54, 1.807) is 6.20 Å². The molecule has 110 valence electrons. The van der Waals surface area contributed by atoms with Crippen LogP contribution >= 0.6 is 0 Å². The number of rotatable bonds is 3. The first-order valence-corrected chi connectivity index (χ1v) is 7.80. The van der Waals surface area contributed by atoms with E-state index in [4.69, 9.17) is 5.73 Å². The lowest BCUT2D eigenvalue weighted by Crippen LogP contribution is -2.32. The fourth-order valence-electron chi connectivity index (χ4n) is 3.05. The number of hydrogen-bond donors (Lipinski definition) is 1. The molecule has 1 aromatic carbocycles. The van der Waals surface area contributed by atoms with E-state index in [-0.39, 0.29) is 0 Å². The molecule has 3 heteroatoms. The van der Waals surface area contributed by atoms with Gasteiger partial charge in [0.1, 0.15) is 0 Å². The number of piperidine rings is 1. The minimum absolute atomic E-state index is 0.494. The Morgan fingerprint density at radius 3 is 2.43 bits per heavy atom. The van der Waals surface area contributed by atoms with Crippen molar-refractivity contribution in [1.82, 2.24) is 9.88 Å². The van der Waals surface area contributed by atoms with Crippen molar-refractivity contribution >= 4 is 5.69 Å². The lowest BCUT2D eigenvalue weighted by molar-refractivity contribution is 0.175. The van der Waals surface area contributed by atoms with Gasteiger partial charge in [-0.2, -0.15) is 0 Å². The molecule has 0 saturated carbocycles. The van der Waals surface area contributed by atoms with Crippen molar-refractivity contribution in [2.45, 2.75) is 32.2 Å². The molecule has 0 amide bonds. The first-order valence-electron chi connectivity index (χ1n) is 7.80. The van der Waals surface area contributed by atoms with Gasteiger partial charge in [-0.1, -0.05) is 30.7 Å². The Morgan fingerprint density at radius 2 is 1.76 bits per heavy atom. The van der Waals surface area contributed by atoms with Gasteiger partial charge in [-0.3, -0.25) is 9.88 Å². The summed E-state index contributed by atoms with van der Waals surface area (Å²) >= 11 is 0. The molecule has 0 aliphatic carbocycles. The van der Waals surface area contributed by atoms with Crippen LogP contribution in [0, 0.1) is 0 Å². The maximum Gasteiger partial charge on any atom is 0.0722 e. The van der Waals surface area contributed by atoms with Gasteiger partial charge in [0.05, 0.1) is 5.69 Å². The molecule has 0 radical (unpaired) electrons. The summed E-state index contributed by atoms with van der Waals surface area (Å²) in [6.07, 6.45) is 5.80. The van der Waals surface area contributed by atoms with Gasteiger partial charge in [-0.05, 0) is 50.6 Å². The van der Waals surface area contributed by atoms with Gasteiger partial charge in [0.25, 0.3) is 0 Å². The fraction of sp³-hybridized carbons (Fsp3) is 0.389. The lowest BCUT2D eigenvalue weighted by Gasteiger charge is -2.32. The van der Waals surface area contributed by atoms with Crippen LogP contribution in [-0.2, 0) is 0 Å². The summed E-state index contributed by atoms with van der Waals surface area (Å²) in [5.41, 5.74) is 10.0. The topological polar surface area (TPSA) is 42.1 Å². The molecule has 0 spiro atoms. The number of hydrogen-bond acceptors (Lipinski definition) is 3. The summed E-state index contributed by atoms with van der Waals surface area (Å²) in [5, 5.41) is 0. The number of nitrogens with two attached hydrogens (primary N) is 1. The van der Waals surface area contributed by atoms with Crippen molar-refractivity contribution < 1.29 is 0 Å². The third kappa shape index (κ3) is 3.24. The Bertz CT molecular complexity index is 586. The predicted molar refractivity (Wildman–Crippen MR) is 87.9 cm³/mol. The van der Waals surface area contributed by atoms with Crippen molar-refractivity contribution in [3.05, 3.63) is 48.2 Å². The number of pyridine rings is 1. The van der Waals surface area contributed by atoms with E-state index in [0.717, 1.165) is 16.9 Å². The maximum absolute atomic E-state index is 5.82. The van der Waals surface area contributed by atoms with E-state index < -0.39 is 0 Å². The molecule has 3 nitrogen and oxygen atoms in total. The minimum atomic E-state index is 0.494. The van der Waals surface area contributed by atoms with Crippen LogP contribution in [0.5, 0.6) is 0 Å². The van der Waals surface area contributed by atoms with Crippen LogP contribution in [-0.4, -0.2) is 23.0 Å². The summed E-state index contributed by atoms with van der Waals surface area (Å²) in [4.78, 5) is 6.96. The molecule has 2 N–H and O–H groups in total. The Labute approximate surface area is 126 Å². The zero-order valence-corrected chi connectivity index (χ0v) is 12.6. The second-order valence-electron chi connectivity index (χ2n) is 5.87. The second kappa shape index (κ2) is 6.27. The van der Waals surface area contributed by atoms with Crippen LogP contribution in [0.25, 0.3) is 11.3 Å². The Morgan fingerprint density at radius 1 is 1.05 bits per heavy atom. The largest absolute Gasteiger partial charge is 0.399 e. The smallest absolute Gasteiger partial charge is 0.0722 e. The number of benzene rings is 1. The van der Waals surface area contributed by atoms with E-state index in [1.807, 2.05) is 12.1 Å². The minimum Gasteiger partial charge on any atom is -0.399 e. The van der Waals surface area contributed by atoms with Crippen molar-refractivity contribution in [2.24, 2.45) is 0 Å². The standard InChI is InChI=1S/C18H23N3/c1-14(21-11-3-2-4-12-21)15-5-7-16(8-6-15)18-13-17(19)9-10-20-18/h5-10,13-14H,2-4,11-12H2,1H3,(H2,19,20)/t14-/m1/s1. The monoisotopic (exact) mass is 281 g/mol. The molecule has 0 unspecified atom stereocenters. The molecule has 1 aliphatic rings. The van der Waals surface area contributed by atoms with Gasteiger partial charge in [0.2, 0.25) is 0 Å². The van der Waals surface area contributed by atoms with Crippen molar-refractivity contribution in [1.29, 1.82) is 0 Å². The average molecular weight is 281 g/mol. The third-order valence-corrected chi connectivity index (χ3v) is 4.41. The first kappa shape index (κ1) is 14.1. The van der Waals surface area contributed by atoms with Crippen LogP contribution in [0.4, 0.5) is 5.69 Å². The number of anilines is 1. The van der Waals surface area contributed by atoms with Gasteiger partial charge < -0.3 is 5.73 Å². The molecule has 21 heavy (non-hydrogen) atoms. The molecule has 2 heterocycles. The quantitative estimate of drug-likeness (QED) is 0.928. The third-order valence-electron chi connectivity index (χ3n) is 4.41. The number of aromatic nitrogens is 1. The summed E-state index contributed by atoms with van der Waals surface area (Å²) < 4.78 is 0. The molecule has 2 aromatic rings. The van der Waals surface area contributed by atoms with Crippen LogP contribution in [0.2, 0.25) is 0 Å². The maximum atomic E-state index is 5.82.